The van der Waals surface area contributed by atoms with Crippen LogP contribution in [0.2, 0.25) is 10.2 Å². The monoisotopic (exact) mass is 392 g/mol. The lowest BCUT2D eigenvalue weighted by Gasteiger charge is -2.03. The fraction of sp³-hybridized carbons (Fsp3) is 0.250. The molecule has 0 atom stereocenters. The van der Waals surface area contributed by atoms with Gasteiger partial charge in [0, 0.05) is 10.9 Å². The fourth-order valence-corrected chi connectivity index (χ4v) is 3.27. The van der Waals surface area contributed by atoms with Gasteiger partial charge in [-0.1, -0.05) is 29.3 Å². The van der Waals surface area contributed by atoms with Crippen LogP contribution in [0.3, 0.4) is 0 Å². The number of hydrogen-bond donors (Lipinski definition) is 1. The van der Waals surface area contributed by atoms with Crippen LogP contribution in [0.25, 0.3) is 5.69 Å². The van der Waals surface area contributed by atoms with Gasteiger partial charge < -0.3 is 0 Å². The van der Waals surface area contributed by atoms with Crippen LogP contribution in [0.1, 0.15) is 35.8 Å². The zero-order valence-corrected chi connectivity index (χ0v) is 15.6. The first-order chi connectivity index (χ1) is 12.0. The van der Waals surface area contributed by atoms with Crippen LogP contribution in [0.15, 0.2) is 29.4 Å². The number of rotatable bonds is 4. The highest BCUT2D eigenvalue weighted by Crippen LogP contribution is 2.38. The minimum absolute atomic E-state index is 0.427. The van der Waals surface area contributed by atoms with E-state index in [0.29, 0.717) is 20.9 Å². The second-order valence-electron chi connectivity index (χ2n) is 5.90. The predicted octanol–water partition coefficient (Wildman–Crippen LogP) is 4.50. The van der Waals surface area contributed by atoms with Crippen molar-refractivity contribution in [2.75, 3.05) is 0 Å². The molecule has 1 N–H and O–H groups in total. The molecule has 9 heteroatoms. The molecule has 4 rings (SSSR count). The lowest BCUT2D eigenvalue weighted by molar-refractivity contribution is 0.772. The van der Waals surface area contributed by atoms with E-state index in [1.165, 1.54) is 0 Å². The van der Waals surface area contributed by atoms with E-state index < -0.39 is 0 Å². The predicted molar refractivity (Wildman–Crippen MR) is 101 cm³/mol. The Labute approximate surface area is 159 Å². The molecular weight excluding hydrogens is 379 g/mol. The number of benzene rings is 1. The summed E-state index contributed by atoms with van der Waals surface area (Å²) in [6.45, 7) is 1.88. The third kappa shape index (κ3) is 3.15. The van der Waals surface area contributed by atoms with E-state index in [2.05, 4.69) is 20.4 Å². The first-order valence-electron chi connectivity index (χ1n) is 7.77. The van der Waals surface area contributed by atoms with Crippen molar-refractivity contribution in [3.8, 4) is 5.69 Å². The first-order valence-corrected chi connectivity index (χ1v) is 8.93. The second kappa shape index (κ2) is 6.40. The van der Waals surface area contributed by atoms with Crippen molar-refractivity contribution in [1.29, 1.82) is 0 Å². The molecule has 1 aliphatic rings. The van der Waals surface area contributed by atoms with Gasteiger partial charge in [-0.2, -0.15) is 20.0 Å². The standard InChI is InChI=1S/C16H14Cl2N6S/c1-9-13(8-19-24-15(10-5-6-10)20-21-16(24)25)14(18)23(22-9)12-4-2-3-11(17)7-12/h2-4,7-8,10H,5-6H2,1H3,(H,21,25)/b19-8-. The zero-order chi connectivity index (χ0) is 17.6. The third-order valence-electron chi connectivity index (χ3n) is 4.02. The summed E-state index contributed by atoms with van der Waals surface area (Å²) in [5.74, 6) is 1.29. The third-order valence-corrected chi connectivity index (χ3v) is 4.88. The number of hydrogen-bond acceptors (Lipinski definition) is 4. The van der Waals surface area contributed by atoms with Gasteiger partial charge in [-0.3, -0.25) is 5.10 Å². The van der Waals surface area contributed by atoms with Crippen molar-refractivity contribution in [1.82, 2.24) is 24.7 Å². The number of aryl methyl sites for hydroxylation is 1. The minimum Gasteiger partial charge on any atom is -0.250 e. The maximum Gasteiger partial charge on any atom is 0.216 e. The summed E-state index contributed by atoms with van der Waals surface area (Å²) in [5, 5.41) is 17.1. The van der Waals surface area contributed by atoms with Crippen LogP contribution in [0, 0.1) is 11.7 Å². The molecule has 1 aromatic carbocycles. The van der Waals surface area contributed by atoms with E-state index in [4.69, 9.17) is 35.4 Å². The summed E-state index contributed by atoms with van der Waals surface area (Å²) < 4.78 is 3.76. The SMILES string of the molecule is Cc1nn(-c2cccc(Cl)c2)c(Cl)c1/C=N\n1c(C2CC2)n[nH]c1=S. The summed E-state index contributed by atoms with van der Waals surface area (Å²) in [5.41, 5.74) is 2.28. The molecule has 0 radical (unpaired) electrons. The molecule has 128 valence electrons. The summed E-state index contributed by atoms with van der Waals surface area (Å²) in [6.07, 6.45) is 3.90. The molecule has 0 spiro atoms. The summed E-state index contributed by atoms with van der Waals surface area (Å²) >= 11 is 17.8. The van der Waals surface area contributed by atoms with Gasteiger partial charge in [0.2, 0.25) is 4.77 Å². The summed E-state index contributed by atoms with van der Waals surface area (Å²) in [7, 11) is 0. The molecule has 0 unspecified atom stereocenters. The van der Waals surface area contributed by atoms with E-state index in [0.717, 1.165) is 35.6 Å². The number of halogens is 2. The van der Waals surface area contributed by atoms with Gasteiger partial charge in [0.25, 0.3) is 0 Å². The Morgan fingerprint density at radius 2 is 2.16 bits per heavy atom. The zero-order valence-electron chi connectivity index (χ0n) is 13.3. The minimum atomic E-state index is 0.427. The quantitative estimate of drug-likeness (QED) is 0.524. The highest BCUT2D eigenvalue weighted by molar-refractivity contribution is 7.71. The van der Waals surface area contributed by atoms with Crippen molar-refractivity contribution in [2.45, 2.75) is 25.7 Å². The van der Waals surface area contributed by atoms with E-state index in [1.807, 2.05) is 19.1 Å². The van der Waals surface area contributed by atoms with Crippen molar-refractivity contribution in [2.24, 2.45) is 5.10 Å². The van der Waals surface area contributed by atoms with Gasteiger partial charge in [-0.05, 0) is 50.2 Å². The maximum absolute atomic E-state index is 6.52. The maximum atomic E-state index is 6.52. The molecule has 2 heterocycles. The Hall–Kier alpha value is -1.96. The number of nitrogens with zero attached hydrogens (tertiary/aromatic N) is 5. The number of aromatic nitrogens is 5. The number of aromatic amines is 1. The van der Waals surface area contributed by atoms with Crippen molar-refractivity contribution < 1.29 is 0 Å². The van der Waals surface area contributed by atoms with Gasteiger partial charge >= 0.3 is 0 Å². The molecule has 1 saturated carbocycles. The highest BCUT2D eigenvalue weighted by atomic mass is 35.5. The molecule has 1 aliphatic carbocycles. The molecule has 6 nitrogen and oxygen atoms in total. The summed E-state index contributed by atoms with van der Waals surface area (Å²) in [6, 6.07) is 7.35. The molecule has 0 aliphatic heterocycles. The smallest absolute Gasteiger partial charge is 0.216 e. The number of H-pyrrole nitrogens is 1. The molecule has 0 bridgehead atoms. The molecule has 2 aromatic heterocycles. The van der Waals surface area contributed by atoms with E-state index >= 15 is 0 Å². The van der Waals surface area contributed by atoms with Gasteiger partial charge in [-0.25, -0.2) is 4.68 Å². The fourth-order valence-electron chi connectivity index (χ4n) is 2.57. The van der Waals surface area contributed by atoms with Crippen LogP contribution in [0.5, 0.6) is 0 Å². The Morgan fingerprint density at radius 1 is 1.36 bits per heavy atom. The first kappa shape index (κ1) is 16.5. The van der Waals surface area contributed by atoms with Crippen LogP contribution >= 0.6 is 35.4 Å². The number of nitrogens with one attached hydrogen (secondary N) is 1. The van der Waals surface area contributed by atoms with E-state index in [-0.39, 0.29) is 0 Å². The highest BCUT2D eigenvalue weighted by Gasteiger charge is 2.29. The summed E-state index contributed by atoms with van der Waals surface area (Å²) in [4.78, 5) is 0. The normalized spacial score (nSPS) is 14.5. The van der Waals surface area contributed by atoms with Crippen molar-refractivity contribution in [3.05, 3.63) is 56.3 Å². The lowest BCUT2D eigenvalue weighted by Crippen LogP contribution is -1.98. The Morgan fingerprint density at radius 3 is 2.88 bits per heavy atom. The van der Waals surface area contributed by atoms with Crippen LogP contribution in [-0.4, -0.2) is 30.9 Å². The van der Waals surface area contributed by atoms with Gasteiger partial charge in [0.1, 0.15) is 5.15 Å². The van der Waals surface area contributed by atoms with Crippen molar-refractivity contribution in [3.63, 3.8) is 0 Å². The molecule has 25 heavy (non-hydrogen) atoms. The van der Waals surface area contributed by atoms with E-state index in [1.54, 1.807) is 27.7 Å². The van der Waals surface area contributed by atoms with Crippen LogP contribution in [-0.2, 0) is 0 Å². The molecular formula is C16H14Cl2N6S. The van der Waals surface area contributed by atoms with Gasteiger partial charge in [0.15, 0.2) is 5.82 Å². The molecule has 3 aromatic rings. The van der Waals surface area contributed by atoms with Crippen LogP contribution < -0.4 is 0 Å². The van der Waals surface area contributed by atoms with Gasteiger partial charge in [0.05, 0.1) is 23.2 Å². The second-order valence-corrected chi connectivity index (χ2v) is 7.08. The molecule has 0 saturated heterocycles. The van der Waals surface area contributed by atoms with Crippen LogP contribution in [0.4, 0.5) is 0 Å². The van der Waals surface area contributed by atoms with E-state index in [9.17, 15) is 0 Å². The largest absolute Gasteiger partial charge is 0.250 e. The molecule has 0 amide bonds. The Bertz CT molecular complexity index is 1030. The average molecular weight is 393 g/mol. The Balaban J connectivity index is 1.72. The average Bonchev–Trinajstić information content (AvgIpc) is 3.30. The Kier molecular flexibility index (Phi) is 4.23. The van der Waals surface area contributed by atoms with Crippen molar-refractivity contribution >= 4 is 41.6 Å². The topological polar surface area (TPSA) is 63.8 Å². The van der Waals surface area contributed by atoms with Gasteiger partial charge in [-0.15, -0.1) is 0 Å². The lowest BCUT2D eigenvalue weighted by atomic mass is 10.3. The molecule has 1 fully saturated rings.